The first-order valence-electron chi connectivity index (χ1n) is 7.03. The van der Waals surface area contributed by atoms with Crippen molar-refractivity contribution in [1.82, 2.24) is 9.55 Å². The van der Waals surface area contributed by atoms with Crippen molar-refractivity contribution >= 4 is 34.1 Å². The van der Waals surface area contributed by atoms with Gasteiger partial charge in [-0.05, 0) is 36.4 Å². The fraction of sp³-hybridized carbons (Fsp3) is 0.125. The Morgan fingerprint density at radius 1 is 1.16 bits per heavy atom. The lowest BCUT2D eigenvalue weighted by Crippen LogP contribution is -2.22. The minimum Gasteiger partial charge on any atom is -0.406 e. The van der Waals surface area contributed by atoms with Crippen LogP contribution in [0.4, 0.5) is 24.7 Å². The molecule has 0 spiro atoms. The Bertz CT molecular complexity index is 985. The molecular formula is C16H11ClF3N3O2. The Kier molecular flexibility index (Phi) is 4.30. The number of nitrogens with one attached hydrogen (secondary N) is 1. The van der Waals surface area contributed by atoms with Gasteiger partial charge in [-0.1, -0.05) is 17.7 Å². The van der Waals surface area contributed by atoms with Crippen LogP contribution in [0.3, 0.4) is 0 Å². The molecule has 0 bridgehead atoms. The second kappa shape index (κ2) is 6.29. The first kappa shape index (κ1) is 17.1. The van der Waals surface area contributed by atoms with Crippen LogP contribution in [0.5, 0.6) is 5.75 Å². The Hall–Kier alpha value is -2.74. The van der Waals surface area contributed by atoms with Crippen molar-refractivity contribution in [3.05, 3.63) is 57.8 Å². The Morgan fingerprint density at radius 3 is 2.48 bits per heavy atom. The molecule has 1 heterocycles. The van der Waals surface area contributed by atoms with E-state index in [1.807, 2.05) is 0 Å². The molecule has 0 radical (unpaired) electrons. The van der Waals surface area contributed by atoms with Gasteiger partial charge in [0.25, 0.3) is 5.56 Å². The third-order valence-corrected chi connectivity index (χ3v) is 3.71. The van der Waals surface area contributed by atoms with Gasteiger partial charge in [0.05, 0.1) is 10.5 Å². The molecule has 0 fully saturated rings. The fourth-order valence-corrected chi connectivity index (χ4v) is 2.48. The third kappa shape index (κ3) is 3.69. The molecule has 0 amide bonds. The number of aryl methyl sites for hydroxylation is 1. The monoisotopic (exact) mass is 369 g/mol. The van der Waals surface area contributed by atoms with Crippen molar-refractivity contribution in [3.8, 4) is 5.75 Å². The van der Waals surface area contributed by atoms with Crippen LogP contribution in [0.15, 0.2) is 47.3 Å². The first-order valence-corrected chi connectivity index (χ1v) is 7.40. The Balaban J connectivity index is 1.94. The van der Waals surface area contributed by atoms with Crippen molar-refractivity contribution in [2.24, 2.45) is 7.05 Å². The van der Waals surface area contributed by atoms with E-state index in [0.717, 1.165) is 12.1 Å². The molecule has 0 saturated carbocycles. The highest BCUT2D eigenvalue weighted by molar-refractivity contribution is 6.34. The molecule has 130 valence electrons. The minimum absolute atomic E-state index is 0.00703. The number of hydrogen-bond donors (Lipinski definition) is 1. The minimum atomic E-state index is -4.76. The number of nitrogens with zero attached hydrogens (tertiary/aromatic N) is 2. The van der Waals surface area contributed by atoms with Crippen molar-refractivity contribution in [2.75, 3.05) is 5.32 Å². The molecule has 0 aliphatic heterocycles. The molecule has 0 atom stereocenters. The fourth-order valence-electron chi connectivity index (χ4n) is 2.27. The maximum atomic E-state index is 12.4. The molecule has 3 rings (SSSR count). The zero-order valence-corrected chi connectivity index (χ0v) is 13.5. The quantitative estimate of drug-likeness (QED) is 0.750. The lowest BCUT2D eigenvalue weighted by molar-refractivity contribution is -0.274. The molecule has 0 aliphatic carbocycles. The SMILES string of the molecule is Cn1c(=O)c(Nc2ccc(OC(F)(F)F)cc2)nc2c(Cl)cccc21. The van der Waals surface area contributed by atoms with Gasteiger partial charge < -0.3 is 14.6 Å². The van der Waals surface area contributed by atoms with Gasteiger partial charge >= 0.3 is 6.36 Å². The largest absolute Gasteiger partial charge is 0.573 e. The van der Waals surface area contributed by atoms with E-state index in [4.69, 9.17) is 11.6 Å². The molecule has 3 aromatic rings. The molecular weight excluding hydrogens is 359 g/mol. The number of rotatable bonds is 3. The van der Waals surface area contributed by atoms with Crippen LogP contribution in [0.25, 0.3) is 11.0 Å². The van der Waals surface area contributed by atoms with Gasteiger partial charge in [0.2, 0.25) is 0 Å². The first-order chi connectivity index (χ1) is 11.7. The van der Waals surface area contributed by atoms with Gasteiger partial charge in [-0.2, -0.15) is 0 Å². The van der Waals surface area contributed by atoms with Gasteiger partial charge in [-0.25, -0.2) is 4.98 Å². The lowest BCUT2D eigenvalue weighted by Gasteiger charge is -2.12. The molecule has 0 unspecified atom stereocenters. The van der Waals surface area contributed by atoms with Crippen LogP contribution in [0, 0.1) is 0 Å². The summed E-state index contributed by atoms with van der Waals surface area (Å²) in [6, 6.07) is 10.0. The van der Waals surface area contributed by atoms with E-state index in [2.05, 4.69) is 15.0 Å². The Labute approximate surface area is 144 Å². The number of anilines is 2. The summed E-state index contributed by atoms with van der Waals surface area (Å²) in [5.41, 5.74) is 0.985. The zero-order valence-electron chi connectivity index (χ0n) is 12.8. The highest BCUT2D eigenvalue weighted by atomic mass is 35.5. The summed E-state index contributed by atoms with van der Waals surface area (Å²) in [6.45, 7) is 0. The Morgan fingerprint density at radius 2 is 1.84 bits per heavy atom. The second-order valence-corrected chi connectivity index (χ2v) is 5.54. The van der Waals surface area contributed by atoms with Crippen LogP contribution in [0.1, 0.15) is 0 Å². The predicted molar refractivity (Wildman–Crippen MR) is 88.4 cm³/mol. The number of aromatic nitrogens is 2. The standard InChI is InChI=1S/C16H11ClF3N3O2/c1-23-12-4-2-3-11(17)13(12)22-14(15(23)24)21-9-5-7-10(8-6-9)25-16(18,19)20/h2-8H,1H3,(H,21,22). The number of hydrogen-bond acceptors (Lipinski definition) is 4. The van der Waals surface area contributed by atoms with Crippen molar-refractivity contribution < 1.29 is 17.9 Å². The maximum Gasteiger partial charge on any atom is 0.573 e. The zero-order chi connectivity index (χ0) is 18.2. The smallest absolute Gasteiger partial charge is 0.406 e. The van der Waals surface area contributed by atoms with Crippen LogP contribution in [-0.2, 0) is 7.05 Å². The van der Waals surface area contributed by atoms with Gasteiger partial charge in [0.1, 0.15) is 11.3 Å². The number of halogens is 4. The topological polar surface area (TPSA) is 56.2 Å². The van der Waals surface area contributed by atoms with Crippen molar-refractivity contribution in [3.63, 3.8) is 0 Å². The van der Waals surface area contributed by atoms with Crippen molar-refractivity contribution in [2.45, 2.75) is 6.36 Å². The van der Waals surface area contributed by atoms with E-state index in [0.29, 0.717) is 21.7 Å². The van der Waals surface area contributed by atoms with Gasteiger partial charge in [-0.15, -0.1) is 13.2 Å². The maximum absolute atomic E-state index is 12.4. The number of alkyl halides is 3. The average molecular weight is 370 g/mol. The summed E-state index contributed by atoms with van der Waals surface area (Å²) in [4.78, 5) is 16.6. The summed E-state index contributed by atoms with van der Waals surface area (Å²) >= 11 is 6.11. The van der Waals surface area contributed by atoms with E-state index in [-0.39, 0.29) is 11.6 Å². The number of para-hydroxylation sites is 1. The van der Waals surface area contributed by atoms with Crippen LogP contribution in [0.2, 0.25) is 5.02 Å². The molecule has 0 saturated heterocycles. The second-order valence-electron chi connectivity index (χ2n) is 5.13. The highest BCUT2D eigenvalue weighted by Gasteiger charge is 2.30. The summed E-state index contributed by atoms with van der Waals surface area (Å²) in [6.07, 6.45) is -4.76. The molecule has 2 aromatic carbocycles. The molecule has 9 heteroatoms. The van der Waals surface area contributed by atoms with E-state index in [9.17, 15) is 18.0 Å². The predicted octanol–water partition coefficient (Wildman–Crippen LogP) is 4.23. The van der Waals surface area contributed by atoms with Gasteiger partial charge in [0, 0.05) is 12.7 Å². The normalized spacial score (nSPS) is 11.6. The van der Waals surface area contributed by atoms with Crippen LogP contribution in [-0.4, -0.2) is 15.9 Å². The number of ether oxygens (including phenoxy) is 1. The van der Waals surface area contributed by atoms with Crippen molar-refractivity contribution in [1.29, 1.82) is 0 Å². The van der Waals surface area contributed by atoms with E-state index < -0.39 is 11.9 Å². The van der Waals surface area contributed by atoms with Gasteiger partial charge in [-0.3, -0.25) is 4.79 Å². The summed E-state index contributed by atoms with van der Waals surface area (Å²) < 4.78 is 41.7. The third-order valence-electron chi connectivity index (χ3n) is 3.41. The molecule has 1 N–H and O–H groups in total. The molecule has 25 heavy (non-hydrogen) atoms. The van der Waals surface area contributed by atoms with Crippen LogP contribution < -0.4 is 15.6 Å². The lowest BCUT2D eigenvalue weighted by atomic mass is 10.3. The van der Waals surface area contributed by atoms with E-state index in [1.165, 1.54) is 16.7 Å². The molecule has 1 aromatic heterocycles. The number of benzene rings is 2. The van der Waals surface area contributed by atoms with E-state index in [1.54, 1.807) is 25.2 Å². The average Bonchev–Trinajstić information content (AvgIpc) is 2.54. The molecule has 5 nitrogen and oxygen atoms in total. The molecule has 0 aliphatic rings. The summed E-state index contributed by atoms with van der Waals surface area (Å²) in [7, 11) is 1.58. The van der Waals surface area contributed by atoms with E-state index >= 15 is 0 Å². The van der Waals surface area contributed by atoms with Gasteiger partial charge in [0.15, 0.2) is 5.82 Å². The summed E-state index contributed by atoms with van der Waals surface area (Å²) in [5.74, 6) is -0.354. The number of fused-ring (bicyclic) bond motifs is 1. The summed E-state index contributed by atoms with van der Waals surface area (Å²) in [5, 5.41) is 3.16. The highest BCUT2D eigenvalue weighted by Crippen LogP contribution is 2.25. The van der Waals surface area contributed by atoms with Crippen LogP contribution >= 0.6 is 11.6 Å².